The fourth-order valence-electron chi connectivity index (χ4n) is 3.55. The maximum absolute atomic E-state index is 12.7. The molecule has 2 aromatic rings. The molecule has 0 radical (unpaired) electrons. The maximum Gasteiger partial charge on any atom is 0.170 e. The average molecular weight is 311 g/mol. The summed E-state index contributed by atoms with van der Waals surface area (Å²) >= 11 is 0. The van der Waals surface area contributed by atoms with E-state index in [2.05, 4.69) is 17.0 Å². The number of piperidine rings is 1. The van der Waals surface area contributed by atoms with Crippen LogP contribution in [0.5, 0.6) is 5.75 Å². The van der Waals surface area contributed by atoms with Gasteiger partial charge in [-0.3, -0.25) is 9.48 Å². The second-order valence-electron chi connectivity index (χ2n) is 6.80. The van der Waals surface area contributed by atoms with E-state index in [-0.39, 0.29) is 11.4 Å². The van der Waals surface area contributed by atoms with Gasteiger partial charge < -0.3 is 9.64 Å². The van der Waals surface area contributed by atoms with E-state index in [1.165, 1.54) is 0 Å². The minimum Gasteiger partial charge on any atom is -0.486 e. The molecule has 2 aliphatic rings. The lowest BCUT2D eigenvalue weighted by molar-refractivity contribution is -0.00366. The average Bonchev–Trinajstić information content (AvgIpc) is 2.97. The molecule has 1 spiro atoms. The molecule has 1 aromatic carbocycles. The first-order chi connectivity index (χ1) is 11.0. The molecule has 0 saturated carbocycles. The van der Waals surface area contributed by atoms with Gasteiger partial charge in [0, 0.05) is 44.7 Å². The second-order valence-corrected chi connectivity index (χ2v) is 6.80. The zero-order chi connectivity index (χ0) is 16.0. The lowest BCUT2D eigenvalue weighted by Crippen LogP contribution is -2.50. The summed E-state index contributed by atoms with van der Waals surface area (Å²) in [5.41, 5.74) is 2.43. The quantitative estimate of drug-likeness (QED) is 0.812. The van der Waals surface area contributed by atoms with Crippen LogP contribution in [0.2, 0.25) is 0 Å². The Hall–Kier alpha value is -2.14. The number of ketones is 1. The van der Waals surface area contributed by atoms with Crippen LogP contribution in [-0.2, 0) is 7.05 Å². The summed E-state index contributed by atoms with van der Waals surface area (Å²) in [6.45, 7) is 1.97. The standard InChI is InChI=1S/C18H21N3O2/c1-20-7-5-18(6-8-20)10-16(22)15-9-13(3-4-17(15)23-18)14-11-19-21(2)12-14/h3-4,9,11-12H,5-8,10H2,1-2H3. The van der Waals surface area contributed by atoms with Gasteiger partial charge in [0.15, 0.2) is 5.78 Å². The van der Waals surface area contributed by atoms with Crippen molar-refractivity contribution in [2.24, 2.45) is 7.05 Å². The first-order valence-corrected chi connectivity index (χ1v) is 8.09. The summed E-state index contributed by atoms with van der Waals surface area (Å²) in [7, 11) is 4.01. The van der Waals surface area contributed by atoms with E-state index in [1.54, 1.807) is 4.68 Å². The van der Waals surface area contributed by atoms with Crippen LogP contribution in [0.15, 0.2) is 30.6 Å². The van der Waals surface area contributed by atoms with Gasteiger partial charge in [0.2, 0.25) is 0 Å². The highest BCUT2D eigenvalue weighted by Gasteiger charge is 2.42. The molecule has 1 saturated heterocycles. The lowest BCUT2D eigenvalue weighted by atomic mass is 9.82. The molecule has 2 aliphatic heterocycles. The topological polar surface area (TPSA) is 47.4 Å². The van der Waals surface area contributed by atoms with Gasteiger partial charge in [-0.1, -0.05) is 6.07 Å². The summed E-state index contributed by atoms with van der Waals surface area (Å²) < 4.78 is 8.07. The normalized spacial score (nSPS) is 20.3. The third-order valence-electron chi connectivity index (χ3n) is 5.03. The lowest BCUT2D eigenvalue weighted by Gasteiger charge is -2.43. The van der Waals surface area contributed by atoms with Gasteiger partial charge in [-0.15, -0.1) is 0 Å². The van der Waals surface area contributed by atoms with Crippen LogP contribution in [0, 0.1) is 0 Å². The van der Waals surface area contributed by atoms with Gasteiger partial charge in [-0.25, -0.2) is 0 Å². The Bertz CT molecular complexity index is 757. The van der Waals surface area contributed by atoms with E-state index in [4.69, 9.17) is 4.74 Å². The minimum atomic E-state index is -0.299. The number of carbonyl (C=O) groups excluding carboxylic acids is 1. The molecule has 0 bridgehead atoms. The monoisotopic (exact) mass is 311 g/mol. The number of benzene rings is 1. The van der Waals surface area contributed by atoms with Crippen molar-refractivity contribution >= 4 is 5.78 Å². The SMILES string of the molecule is CN1CCC2(CC1)CC(=O)c1cc(-c3cnn(C)c3)ccc1O2. The largest absolute Gasteiger partial charge is 0.486 e. The van der Waals surface area contributed by atoms with Gasteiger partial charge in [0.05, 0.1) is 18.2 Å². The van der Waals surface area contributed by atoms with Crippen molar-refractivity contribution in [3.8, 4) is 16.9 Å². The third kappa shape index (κ3) is 2.55. The van der Waals surface area contributed by atoms with Crippen LogP contribution in [0.4, 0.5) is 0 Å². The Balaban J connectivity index is 1.66. The first-order valence-electron chi connectivity index (χ1n) is 8.09. The zero-order valence-corrected chi connectivity index (χ0v) is 13.6. The smallest absolute Gasteiger partial charge is 0.170 e. The summed E-state index contributed by atoms with van der Waals surface area (Å²) in [6.07, 6.45) is 6.09. The number of hydrogen-bond acceptors (Lipinski definition) is 4. The second kappa shape index (κ2) is 5.20. The van der Waals surface area contributed by atoms with Crippen molar-refractivity contribution < 1.29 is 9.53 Å². The Labute approximate surface area is 135 Å². The van der Waals surface area contributed by atoms with E-state index in [1.807, 2.05) is 37.6 Å². The van der Waals surface area contributed by atoms with Gasteiger partial charge in [0.25, 0.3) is 0 Å². The number of likely N-dealkylation sites (tertiary alicyclic amines) is 1. The number of carbonyl (C=O) groups is 1. The molecular weight excluding hydrogens is 290 g/mol. The van der Waals surface area contributed by atoms with Crippen molar-refractivity contribution in [2.45, 2.75) is 24.9 Å². The number of aryl methyl sites for hydroxylation is 1. The van der Waals surface area contributed by atoms with Gasteiger partial charge in [-0.05, 0) is 24.7 Å². The number of ether oxygens (including phenoxy) is 1. The van der Waals surface area contributed by atoms with E-state index in [9.17, 15) is 4.79 Å². The third-order valence-corrected chi connectivity index (χ3v) is 5.03. The Kier molecular flexibility index (Phi) is 3.27. The molecule has 3 heterocycles. The molecule has 120 valence electrons. The predicted octanol–water partition coefficient (Wildman–Crippen LogP) is 2.52. The fourth-order valence-corrected chi connectivity index (χ4v) is 3.55. The summed E-state index contributed by atoms with van der Waals surface area (Å²) in [6, 6.07) is 5.89. The first kappa shape index (κ1) is 14.5. The number of rotatable bonds is 1. The number of nitrogens with zero attached hydrogens (tertiary/aromatic N) is 3. The Morgan fingerprint density at radius 2 is 1.96 bits per heavy atom. The molecule has 0 amide bonds. The Morgan fingerprint density at radius 1 is 1.17 bits per heavy atom. The molecule has 5 nitrogen and oxygen atoms in total. The van der Waals surface area contributed by atoms with Gasteiger partial charge in [0.1, 0.15) is 11.4 Å². The van der Waals surface area contributed by atoms with Crippen LogP contribution in [0.25, 0.3) is 11.1 Å². The highest BCUT2D eigenvalue weighted by molar-refractivity contribution is 6.01. The summed E-state index contributed by atoms with van der Waals surface area (Å²) in [5, 5.41) is 4.20. The van der Waals surface area contributed by atoms with Crippen LogP contribution in [0.1, 0.15) is 29.6 Å². The van der Waals surface area contributed by atoms with E-state index < -0.39 is 0 Å². The van der Waals surface area contributed by atoms with Crippen LogP contribution in [-0.4, -0.2) is 46.2 Å². The fraction of sp³-hybridized carbons (Fsp3) is 0.444. The van der Waals surface area contributed by atoms with Crippen molar-refractivity contribution in [1.29, 1.82) is 0 Å². The Morgan fingerprint density at radius 3 is 2.65 bits per heavy atom. The van der Waals surface area contributed by atoms with Crippen molar-refractivity contribution in [3.63, 3.8) is 0 Å². The molecule has 0 unspecified atom stereocenters. The molecule has 23 heavy (non-hydrogen) atoms. The molecule has 1 fully saturated rings. The minimum absolute atomic E-state index is 0.196. The highest BCUT2D eigenvalue weighted by Crippen LogP contribution is 2.40. The van der Waals surface area contributed by atoms with Crippen LogP contribution < -0.4 is 4.74 Å². The molecule has 0 aliphatic carbocycles. The zero-order valence-electron chi connectivity index (χ0n) is 13.6. The van der Waals surface area contributed by atoms with E-state index in [0.717, 1.165) is 42.8 Å². The van der Waals surface area contributed by atoms with E-state index in [0.29, 0.717) is 12.0 Å². The predicted molar refractivity (Wildman–Crippen MR) is 87.7 cm³/mol. The number of fused-ring (bicyclic) bond motifs is 1. The number of aromatic nitrogens is 2. The van der Waals surface area contributed by atoms with Gasteiger partial charge >= 0.3 is 0 Å². The van der Waals surface area contributed by atoms with Gasteiger partial charge in [-0.2, -0.15) is 5.10 Å². The molecule has 4 rings (SSSR count). The highest BCUT2D eigenvalue weighted by atomic mass is 16.5. The number of Topliss-reactive ketones (excluding diaryl/α,β-unsaturated/α-hetero) is 1. The molecule has 5 heteroatoms. The molecule has 0 atom stereocenters. The number of hydrogen-bond donors (Lipinski definition) is 0. The summed E-state index contributed by atoms with van der Waals surface area (Å²) in [4.78, 5) is 15.0. The van der Waals surface area contributed by atoms with Crippen molar-refractivity contribution in [3.05, 3.63) is 36.2 Å². The maximum atomic E-state index is 12.7. The molecule has 1 aromatic heterocycles. The van der Waals surface area contributed by atoms with Crippen LogP contribution in [0.3, 0.4) is 0 Å². The van der Waals surface area contributed by atoms with Crippen molar-refractivity contribution in [1.82, 2.24) is 14.7 Å². The van der Waals surface area contributed by atoms with Crippen molar-refractivity contribution in [2.75, 3.05) is 20.1 Å². The molecular formula is C18H21N3O2. The van der Waals surface area contributed by atoms with E-state index >= 15 is 0 Å². The summed E-state index contributed by atoms with van der Waals surface area (Å²) in [5.74, 6) is 0.931. The molecule has 0 N–H and O–H groups in total. The van der Waals surface area contributed by atoms with Crippen LogP contribution >= 0.6 is 0 Å².